The highest BCUT2D eigenvalue weighted by molar-refractivity contribution is 5.81. The van der Waals surface area contributed by atoms with Crippen LogP contribution in [0.4, 0.5) is 0 Å². The molecule has 0 aromatic carbocycles. The van der Waals surface area contributed by atoms with Gasteiger partial charge in [-0.05, 0) is 20.9 Å². The summed E-state index contributed by atoms with van der Waals surface area (Å²) in [5, 5.41) is 2.91. The van der Waals surface area contributed by atoms with E-state index in [-0.39, 0.29) is 11.9 Å². The lowest BCUT2D eigenvalue weighted by molar-refractivity contribution is -0.132. The highest BCUT2D eigenvalue weighted by Gasteiger charge is 2.15. The summed E-state index contributed by atoms with van der Waals surface area (Å²) in [5.41, 5.74) is 0. The number of hydrogen-bond donors (Lipinski definition) is 1. The van der Waals surface area contributed by atoms with Gasteiger partial charge >= 0.3 is 0 Å². The Morgan fingerprint density at radius 1 is 1.75 bits per heavy atom. The van der Waals surface area contributed by atoms with E-state index in [9.17, 15) is 4.79 Å². The minimum absolute atomic E-state index is 0.107. The van der Waals surface area contributed by atoms with Gasteiger partial charge in [-0.15, -0.1) is 6.58 Å². The number of carbonyl (C=O) groups is 1. The molecule has 0 aliphatic heterocycles. The van der Waals surface area contributed by atoms with Crippen molar-refractivity contribution < 1.29 is 4.79 Å². The molecule has 0 radical (unpaired) electrons. The number of likely N-dealkylation sites (N-methyl/N-ethyl adjacent to an activating group) is 2. The van der Waals surface area contributed by atoms with Gasteiger partial charge in [0.05, 0.1) is 6.04 Å². The summed E-state index contributed by atoms with van der Waals surface area (Å²) >= 11 is 0. The molecule has 70 valence electrons. The molecule has 0 aliphatic rings. The van der Waals surface area contributed by atoms with Crippen LogP contribution in [0.15, 0.2) is 12.7 Å². The molecule has 0 spiro atoms. The molecule has 0 aliphatic carbocycles. The van der Waals surface area contributed by atoms with E-state index in [2.05, 4.69) is 11.9 Å². The van der Waals surface area contributed by atoms with Gasteiger partial charge in [0.15, 0.2) is 0 Å². The van der Waals surface area contributed by atoms with Crippen molar-refractivity contribution in [1.82, 2.24) is 10.2 Å². The third-order valence-electron chi connectivity index (χ3n) is 1.85. The van der Waals surface area contributed by atoms with Crippen LogP contribution >= 0.6 is 0 Å². The lowest BCUT2D eigenvalue weighted by Gasteiger charge is -2.22. The predicted octanol–water partition coefficient (Wildman–Crippen LogP) is 0.629. The Hall–Kier alpha value is -0.830. The average molecular weight is 170 g/mol. The lowest BCUT2D eigenvalue weighted by atomic mass is 10.3. The first-order valence-corrected chi connectivity index (χ1v) is 4.24. The van der Waals surface area contributed by atoms with E-state index in [0.717, 1.165) is 6.54 Å². The van der Waals surface area contributed by atoms with E-state index in [0.29, 0.717) is 6.54 Å². The Morgan fingerprint density at radius 2 is 2.33 bits per heavy atom. The zero-order valence-electron chi connectivity index (χ0n) is 8.13. The van der Waals surface area contributed by atoms with E-state index in [1.54, 1.807) is 18.0 Å². The predicted molar refractivity (Wildman–Crippen MR) is 51.0 cm³/mol. The maximum Gasteiger partial charge on any atom is 0.239 e. The summed E-state index contributed by atoms with van der Waals surface area (Å²) in [6, 6.07) is -0.107. The van der Waals surface area contributed by atoms with Gasteiger partial charge in [0, 0.05) is 13.1 Å². The van der Waals surface area contributed by atoms with E-state index in [4.69, 9.17) is 0 Å². The van der Waals surface area contributed by atoms with E-state index in [1.165, 1.54) is 0 Å². The lowest BCUT2D eigenvalue weighted by Crippen LogP contribution is -2.43. The Bertz CT molecular complexity index is 157. The molecular weight excluding hydrogens is 152 g/mol. The van der Waals surface area contributed by atoms with Crippen molar-refractivity contribution in [3.05, 3.63) is 12.7 Å². The van der Waals surface area contributed by atoms with Crippen LogP contribution in [0.3, 0.4) is 0 Å². The molecular formula is C9H18N2O. The number of amides is 1. The third-order valence-corrected chi connectivity index (χ3v) is 1.85. The van der Waals surface area contributed by atoms with Gasteiger partial charge in [-0.2, -0.15) is 0 Å². The largest absolute Gasteiger partial charge is 0.338 e. The molecule has 0 bridgehead atoms. The molecule has 0 aromatic rings. The van der Waals surface area contributed by atoms with Crippen molar-refractivity contribution in [2.24, 2.45) is 0 Å². The van der Waals surface area contributed by atoms with Gasteiger partial charge in [0.25, 0.3) is 0 Å². The van der Waals surface area contributed by atoms with Crippen LogP contribution in [0.5, 0.6) is 0 Å². The Balaban J connectivity index is 4.10. The van der Waals surface area contributed by atoms with Crippen LogP contribution in [0.2, 0.25) is 0 Å². The molecule has 1 atom stereocenters. The fourth-order valence-corrected chi connectivity index (χ4v) is 0.928. The van der Waals surface area contributed by atoms with Crippen molar-refractivity contribution in [1.29, 1.82) is 0 Å². The SMILES string of the molecule is C=CCN(CC)C(=O)C(C)NC. The highest BCUT2D eigenvalue weighted by atomic mass is 16.2. The quantitative estimate of drug-likeness (QED) is 0.614. The standard InChI is InChI=1S/C9H18N2O/c1-5-7-11(6-2)9(12)8(3)10-4/h5,8,10H,1,6-7H2,2-4H3. The summed E-state index contributed by atoms with van der Waals surface area (Å²) in [6.07, 6.45) is 1.74. The van der Waals surface area contributed by atoms with Gasteiger partial charge in [-0.25, -0.2) is 0 Å². The number of rotatable bonds is 5. The summed E-state index contributed by atoms with van der Waals surface area (Å²) in [4.78, 5) is 13.3. The second-order valence-corrected chi connectivity index (χ2v) is 2.68. The van der Waals surface area contributed by atoms with Crippen LogP contribution in [0.1, 0.15) is 13.8 Å². The molecule has 1 unspecified atom stereocenters. The molecule has 0 aromatic heterocycles. The van der Waals surface area contributed by atoms with Crippen molar-refractivity contribution >= 4 is 5.91 Å². The topological polar surface area (TPSA) is 32.3 Å². The van der Waals surface area contributed by atoms with E-state index in [1.807, 2.05) is 13.8 Å². The van der Waals surface area contributed by atoms with Gasteiger partial charge in [0.1, 0.15) is 0 Å². The maximum atomic E-state index is 11.5. The smallest absolute Gasteiger partial charge is 0.239 e. The van der Waals surface area contributed by atoms with Crippen molar-refractivity contribution in [2.45, 2.75) is 19.9 Å². The van der Waals surface area contributed by atoms with Crippen LogP contribution < -0.4 is 5.32 Å². The number of hydrogen-bond acceptors (Lipinski definition) is 2. The maximum absolute atomic E-state index is 11.5. The fourth-order valence-electron chi connectivity index (χ4n) is 0.928. The zero-order valence-corrected chi connectivity index (χ0v) is 8.13. The molecule has 1 N–H and O–H groups in total. The minimum Gasteiger partial charge on any atom is -0.338 e. The summed E-state index contributed by atoms with van der Waals surface area (Å²) in [6.45, 7) is 8.78. The molecule has 3 heteroatoms. The van der Waals surface area contributed by atoms with Gasteiger partial charge in [0.2, 0.25) is 5.91 Å². The number of carbonyl (C=O) groups excluding carboxylic acids is 1. The third kappa shape index (κ3) is 3.05. The van der Waals surface area contributed by atoms with Crippen LogP contribution in [0, 0.1) is 0 Å². The van der Waals surface area contributed by atoms with Crippen LogP contribution in [-0.4, -0.2) is 37.0 Å². The Kier molecular flexibility index (Phi) is 5.37. The molecule has 3 nitrogen and oxygen atoms in total. The fraction of sp³-hybridized carbons (Fsp3) is 0.667. The van der Waals surface area contributed by atoms with Crippen molar-refractivity contribution in [3.8, 4) is 0 Å². The average Bonchev–Trinajstić information content (AvgIpc) is 2.11. The second kappa shape index (κ2) is 5.77. The molecule has 12 heavy (non-hydrogen) atoms. The monoisotopic (exact) mass is 170 g/mol. The minimum atomic E-state index is -0.107. The molecule has 0 saturated carbocycles. The second-order valence-electron chi connectivity index (χ2n) is 2.68. The molecule has 0 heterocycles. The summed E-state index contributed by atoms with van der Waals surface area (Å²) < 4.78 is 0. The van der Waals surface area contributed by atoms with Crippen molar-refractivity contribution in [2.75, 3.05) is 20.1 Å². The molecule has 0 saturated heterocycles. The molecule has 0 rings (SSSR count). The first kappa shape index (κ1) is 11.2. The first-order chi connectivity index (χ1) is 5.67. The zero-order chi connectivity index (χ0) is 9.56. The summed E-state index contributed by atoms with van der Waals surface area (Å²) in [5.74, 6) is 0.125. The number of nitrogens with one attached hydrogen (secondary N) is 1. The van der Waals surface area contributed by atoms with Gasteiger partial charge in [-0.3, -0.25) is 4.79 Å². The van der Waals surface area contributed by atoms with Crippen LogP contribution in [-0.2, 0) is 4.79 Å². The van der Waals surface area contributed by atoms with Gasteiger partial charge in [-0.1, -0.05) is 6.08 Å². The highest BCUT2D eigenvalue weighted by Crippen LogP contribution is 1.94. The van der Waals surface area contributed by atoms with Gasteiger partial charge < -0.3 is 10.2 Å². The van der Waals surface area contributed by atoms with E-state index >= 15 is 0 Å². The first-order valence-electron chi connectivity index (χ1n) is 4.24. The normalized spacial score (nSPS) is 12.2. The van der Waals surface area contributed by atoms with E-state index < -0.39 is 0 Å². The van der Waals surface area contributed by atoms with Crippen molar-refractivity contribution in [3.63, 3.8) is 0 Å². The molecule has 1 amide bonds. The molecule has 0 fully saturated rings. The van der Waals surface area contributed by atoms with Crippen LogP contribution in [0.25, 0.3) is 0 Å². The number of nitrogens with zero attached hydrogens (tertiary/aromatic N) is 1. The Labute approximate surface area is 74.4 Å². The Morgan fingerprint density at radius 3 is 2.67 bits per heavy atom. The summed E-state index contributed by atoms with van der Waals surface area (Å²) in [7, 11) is 1.78.